The van der Waals surface area contributed by atoms with E-state index in [0.717, 1.165) is 24.1 Å². The van der Waals surface area contributed by atoms with Gasteiger partial charge < -0.3 is 43.6 Å². The van der Waals surface area contributed by atoms with E-state index in [2.05, 4.69) is 26.2 Å². The van der Waals surface area contributed by atoms with Gasteiger partial charge in [0.05, 0.1) is 33.2 Å². The monoisotopic (exact) mass is 408 g/mol. The first-order valence-electron chi connectivity index (χ1n) is 7.02. The minimum Gasteiger partial charge on any atom is -1.00 e. The minimum atomic E-state index is -0.174. The molecule has 0 unspecified atom stereocenters. The van der Waals surface area contributed by atoms with Crippen molar-refractivity contribution in [2.45, 2.75) is 13.8 Å². The lowest BCUT2D eigenvalue weighted by Crippen LogP contribution is -3.00. The number of nitrogens with zero attached hydrogens (tertiary/aromatic N) is 1. The second kappa shape index (κ2) is 9.83. The molecule has 0 aliphatic rings. The molecule has 0 radical (unpaired) electrons. The number of amides is 1. The third-order valence-electron chi connectivity index (χ3n) is 3.72. The highest BCUT2D eigenvalue weighted by molar-refractivity contribution is 5.77. The van der Waals surface area contributed by atoms with Crippen LogP contribution in [-0.4, -0.2) is 55.3 Å². The van der Waals surface area contributed by atoms with Crippen LogP contribution in [0.5, 0.6) is 11.5 Å². The largest absolute Gasteiger partial charge is 1.00 e. The zero-order valence-corrected chi connectivity index (χ0v) is 15.1. The lowest BCUT2D eigenvalue weighted by Gasteiger charge is -2.32. The second-order valence-corrected chi connectivity index (χ2v) is 5.08. The molecule has 1 rings (SSSR count). The van der Waals surface area contributed by atoms with Crippen LogP contribution < -0.4 is 34.0 Å². The van der Waals surface area contributed by atoms with Gasteiger partial charge in [-0.05, 0) is 26.0 Å². The number of aromatic hydroxyl groups is 1. The number of quaternary nitrogens is 1. The third-order valence-corrected chi connectivity index (χ3v) is 3.72. The number of phenols is 1. The van der Waals surface area contributed by atoms with Crippen molar-refractivity contribution < 1.29 is 43.1 Å². The number of hydrogen-bond acceptors (Lipinski definition) is 3. The molecule has 0 fully saturated rings. The number of hydrogen-bond donors (Lipinski definition) is 2. The molecule has 0 aromatic heterocycles. The maximum atomic E-state index is 11.7. The van der Waals surface area contributed by atoms with Crippen LogP contribution in [-0.2, 0) is 4.79 Å². The van der Waals surface area contributed by atoms with Gasteiger partial charge in [0.25, 0.3) is 5.91 Å². The first-order chi connectivity index (χ1) is 9.50. The molecule has 1 aromatic carbocycles. The molecule has 0 spiro atoms. The maximum absolute atomic E-state index is 11.7. The Bertz CT molecular complexity index is 437. The Kier molecular flexibility index (Phi) is 9.36. The van der Waals surface area contributed by atoms with Gasteiger partial charge in [-0.2, -0.15) is 0 Å². The van der Waals surface area contributed by atoms with E-state index < -0.39 is 0 Å². The van der Waals surface area contributed by atoms with Gasteiger partial charge in [-0.15, -0.1) is 0 Å². The van der Waals surface area contributed by atoms with E-state index in [1.807, 2.05) is 0 Å². The van der Waals surface area contributed by atoms with Gasteiger partial charge in [0.1, 0.15) is 0 Å². The molecule has 0 saturated carbocycles. The van der Waals surface area contributed by atoms with Crippen LogP contribution >= 0.6 is 0 Å². The molecule has 0 saturated heterocycles. The standard InChI is InChI=1S/C15H24N2O3.HI/c1-4-17(3,5-2)11-10-16-15(19)12-20-14-9-7-6-8-13(14)18;/h6-9H,4-5,10-12H2,1-3H3,(H-,16,18,19);1H. The Labute approximate surface area is 143 Å². The summed E-state index contributed by atoms with van der Waals surface area (Å²) in [6.45, 7) is 7.82. The summed E-state index contributed by atoms with van der Waals surface area (Å²) in [6, 6.07) is 6.61. The number of para-hydroxylation sites is 2. The maximum Gasteiger partial charge on any atom is 0.258 e. The molecule has 0 bridgehead atoms. The van der Waals surface area contributed by atoms with E-state index in [1.165, 1.54) is 6.07 Å². The lowest BCUT2D eigenvalue weighted by atomic mass is 10.3. The van der Waals surface area contributed by atoms with Gasteiger partial charge in [-0.1, -0.05) is 12.1 Å². The molecule has 0 heterocycles. The normalized spacial score (nSPS) is 10.6. The predicted octanol–water partition coefficient (Wildman–Crippen LogP) is -1.62. The summed E-state index contributed by atoms with van der Waals surface area (Å²) < 4.78 is 6.20. The van der Waals surface area contributed by atoms with Crippen molar-refractivity contribution in [3.63, 3.8) is 0 Å². The summed E-state index contributed by atoms with van der Waals surface area (Å²) in [5.74, 6) is 0.193. The number of rotatable bonds is 8. The molecule has 0 aliphatic carbocycles. The highest BCUT2D eigenvalue weighted by Crippen LogP contribution is 2.23. The Morgan fingerprint density at radius 3 is 2.48 bits per heavy atom. The molecule has 2 N–H and O–H groups in total. The number of carbonyl (C=O) groups excluding carboxylic acids is 1. The molecular formula is C15H25IN2O3. The van der Waals surface area contributed by atoms with Crippen LogP contribution in [0.15, 0.2) is 24.3 Å². The Morgan fingerprint density at radius 1 is 1.29 bits per heavy atom. The molecule has 0 aliphatic heterocycles. The van der Waals surface area contributed by atoms with E-state index in [4.69, 9.17) is 4.74 Å². The van der Waals surface area contributed by atoms with Gasteiger partial charge in [-0.3, -0.25) is 4.79 Å². The van der Waals surface area contributed by atoms with E-state index in [9.17, 15) is 9.90 Å². The average molecular weight is 408 g/mol. The van der Waals surface area contributed by atoms with E-state index in [1.54, 1.807) is 18.2 Å². The smallest absolute Gasteiger partial charge is 0.258 e. The van der Waals surface area contributed by atoms with Crippen LogP contribution in [0.4, 0.5) is 0 Å². The predicted molar refractivity (Wildman–Crippen MR) is 78.7 cm³/mol. The van der Waals surface area contributed by atoms with Crippen LogP contribution in [0.3, 0.4) is 0 Å². The topological polar surface area (TPSA) is 58.6 Å². The highest BCUT2D eigenvalue weighted by Gasteiger charge is 2.16. The summed E-state index contributed by atoms with van der Waals surface area (Å²) >= 11 is 0. The van der Waals surface area contributed by atoms with Gasteiger partial charge in [0, 0.05) is 0 Å². The van der Waals surface area contributed by atoms with Crippen LogP contribution in [0.1, 0.15) is 13.8 Å². The van der Waals surface area contributed by atoms with E-state index >= 15 is 0 Å². The first kappa shape index (κ1) is 20.0. The first-order valence-corrected chi connectivity index (χ1v) is 7.02. The van der Waals surface area contributed by atoms with E-state index in [-0.39, 0.29) is 42.2 Å². The highest BCUT2D eigenvalue weighted by atomic mass is 127. The summed E-state index contributed by atoms with van der Waals surface area (Å²) in [5.41, 5.74) is 0. The summed E-state index contributed by atoms with van der Waals surface area (Å²) in [7, 11) is 2.17. The number of benzene rings is 1. The number of nitrogens with one attached hydrogen (secondary N) is 1. The number of ether oxygens (including phenoxy) is 1. The molecule has 5 nitrogen and oxygen atoms in total. The molecular weight excluding hydrogens is 383 g/mol. The number of halogens is 1. The lowest BCUT2D eigenvalue weighted by molar-refractivity contribution is -0.904. The Hall–Kier alpha value is -1.02. The van der Waals surface area contributed by atoms with Crippen LogP contribution in [0, 0.1) is 0 Å². The Balaban J connectivity index is 0.00000400. The number of phenolic OH excluding ortho intramolecular Hbond substituents is 1. The molecule has 6 heteroatoms. The van der Waals surface area contributed by atoms with Gasteiger partial charge in [0.15, 0.2) is 18.1 Å². The van der Waals surface area contributed by atoms with Crippen LogP contribution in [0.2, 0.25) is 0 Å². The van der Waals surface area contributed by atoms with Crippen molar-refractivity contribution in [2.75, 3.05) is 39.8 Å². The van der Waals surface area contributed by atoms with Crippen molar-refractivity contribution >= 4 is 5.91 Å². The molecule has 120 valence electrons. The summed E-state index contributed by atoms with van der Waals surface area (Å²) in [5, 5.41) is 12.3. The van der Waals surface area contributed by atoms with Crippen LogP contribution in [0.25, 0.3) is 0 Å². The fourth-order valence-electron chi connectivity index (χ4n) is 1.78. The summed E-state index contributed by atoms with van der Waals surface area (Å²) in [4.78, 5) is 11.7. The van der Waals surface area contributed by atoms with Crippen molar-refractivity contribution in [1.82, 2.24) is 5.32 Å². The quantitative estimate of drug-likeness (QED) is 0.402. The Morgan fingerprint density at radius 2 is 1.90 bits per heavy atom. The fraction of sp³-hybridized carbons (Fsp3) is 0.533. The second-order valence-electron chi connectivity index (χ2n) is 5.08. The van der Waals surface area contributed by atoms with Crippen molar-refractivity contribution in [3.05, 3.63) is 24.3 Å². The molecule has 0 atom stereocenters. The number of carbonyl (C=O) groups is 1. The zero-order chi connectivity index (χ0) is 15.0. The van der Waals surface area contributed by atoms with Crippen molar-refractivity contribution in [2.24, 2.45) is 0 Å². The molecule has 1 aromatic rings. The SMILES string of the molecule is CC[N+](C)(CC)CCNC(=O)COc1ccccc1O.[I-]. The van der Waals surface area contributed by atoms with Crippen molar-refractivity contribution in [1.29, 1.82) is 0 Å². The van der Waals surface area contributed by atoms with Crippen molar-refractivity contribution in [3.8, 4) is 11.5 Å². The van der Waals surface area contributed by atoms with Gasteiger partial charge in [-0.25, -0.2) is 0 Å². The average Bonchev–Trinajstić information content (AvgIpc) is 2.46. The minimum absolute atomic E-state index is 0. The fourth-order valence-corrected chi connectivity index (χ4v) is 1.78. The van der Waals surface area contributed by atoms with Gasteiger partial charge >= 0.3 is 0 Å². The van der Waals surface area contributed by atoms with E-state index in [0.29, 0.717) is 12.3 Å². The number of likely N-dealkylation sites (N-methyl/N-ethyl adjacent to an activating group) is 1. The molecule has 21 heavy (non-hydrogen) atoms. The third kappa shape index (κ3) is 6.99. The molecule has 1 amide bonds. The van der Waals surface area contributed by atoms with Gasteiger partial charge in [0.2, 0.25) is 0 Å². The zero-order valence-electron chi connectivity index (χ0n) is 12.9. The summed E-state index contributed by atoms with van der Waals surface area (Å²) in [6.07, 6.45) is 0.